The van der Waals surface area contributed by atoms with Gasteiger partial charge in [0, 0.05) is 37.1 Å². The average molecular weight is 424 g/mol. The Kier molecular flexibility index (Phi) is 6.70. The van der Waals surface area contributed by atoms with Crippen LogP contribution in [0.1, 0.15) is 31.2 Å². The van der Waals surface area contributed by atoms with Crippen molar-refractivity contribution in [3.63, 3.8) is 0 Å². The molecule has 1 fully saturated rings. The number of rotatable bonds is 7. The van der Waals surface area contributed by atoms with E-state index in [1.54, 1.807) is 0 Å². The van der Waals surface area contributed by atoms with E-state index >= 15 is 0 Å². The highest BCUT2D eigenvalue weighted by atomic mass is 35.5. The maximum atomic E-state index is 6.25. The Hall–Kier alpha value is -2.37. The third-order valence-corrected chi connectivity index (χ3v) is 6.26. The fourth-order valence-corrected chi connectivity index (χ4v) is 4.41. The first-order valence-corrected chi connectivity index (χ1v) is 11.1. The number of fused-ring (bicyclic) bond motifs is 1. The lowest BCUT2D eigenvalue weighted by Crippen LogP contribution is -2.31. The molecule has 3 aromatic rings. The van der Waals surface area contributed by atoms with Crippen LogP contribution in [0.15, 0.2) is 48.5 Å². The van der Waals surface area contributed by atoms with Crippen LogP contribution in [-0.4, -0.2) is 36.6 Å². The van der Waals surface area contributed by atoms with Crippen LogP contribution in [0.5, 0.6) is 0 Å². The molecule has 158 valence electrons. The molecule has 0 unspecified atom stereocenters. The highest BCUT2D eigenvalue weighted by molar-refractivity contribution is 6.31. The maximum absolute atomic E-state index is 6.25. The van der Waals surface area contributed by atoms with Gasteiger partial charge in [0.25, 0.3) is 0 Å². The second-order valence-corrected chi connectivity index (χ2v) is 8.77. The molecule has 1 heterocycles. The van der Waals surface area contributed by atoms with Crippen LogP contribution in [0.3, 0.4) is 0 Å². The summed E-state index contributed by atoms with van der Waals surface area (Å²) >= 11 is 6.25. The second kappa shape index (κ2) is 9.63. The topological polar surface area (TPSA) is 53.1 Å². The lowest BCUT2D eigenvalue weighted by atomic mass is 9.86. The molecular formula is C24H30ClN5. The van der Waals surface area contributed by atoms with E-state index in [1.165, 1.54) is 18.4 Å². The van der Waals surface area contributed by atoms with E-state index in [9.17, 15) is 0 Å². The first kappa shape index (κ1) is 20.9. The molecule has 4 rings (SSSR count). The molecule has 0 atom stereocenters. The molecular weight excluding hydrogens is 394 g/mol. The summed E-state index contributed by atoms with van der Waals surface area (Å²) in [7, 11) is 4.05. The monoisotopic (exact) mass is 423 g/mol. The number of benzene rings is 2. The average Bonchev–Trinajstić information content (AvgIpc) is 2.75. The molecule has 0 aliphatic heterocycles. The van der Waals surface area contributed by atoms with Gasteiger partial charge < -0.3 is 15.5 Å². The summed E-state index contributed by atoms with van der Waals surface area (Å²) < 4.78 is 0. The lowest BCUT2D eigenvalue weighted by molar-refractivity contribution is 0.324. The van der Waals surface area contributed by atoms with Gasteiger partial charge in [0.1, 0.15) is 5.82 Å². The Morgan fingerprint density at radius 2 is 1.70 bits per heavy atom. The number of para-hydroxylation sites is 1. The van der Waals surface area contributed by atoms with E-state index in [0.717, 1.165) is 53.6 Å². The van der Waals surface area contributed by atoms with E-state index < -0.39 is 0 Å². The molecule has 0 bridgehead atoms. The molecule has 0 spiro atoms. The second-order valence-electron chi connectivity index (χ2n) is 8.37. The Balaban J connectivity index is 1.30. The predicted octanol–water partition coefficient (Wildman–Crippen LogP) is 5.11. The van der Waals surface area contributed by atoms with Gasteiger partial charge in [0.2, 0.25) is 5.95 Å². The minimum absolute atomic E-state index is 0.431. The van der Waals surface area contributed by atoms with E-state index in [0.29, 0.717) is 12.0 Å². The summed E-state index contributed by atoms with van der Waals surface area (Å²) in [5, 5.41) is 9.10. The Labute approximate surface area is 183 Å². The molecule has 1 aliphatic carbocycles. The molecule has 0 amide bonds. The zero-order valence-electron chi connectivity index (χ0n) is 17.7. The van der Waals surface area contributed by atoms with Gasteiger partial charge in [-0.1, -0.05) is 41.9 Å². The number of nitrogens with zero attached hydrogens (tertiary/aromatic N) is 3. The van der Waals surface area contributed by atoms with Crippen LogP contribution in [0.4, 0.5) is 11.8 Å². The van der Waals surface area contributed by atoms with Crippen molar-refractivity contribution in [1.82, 2.24) is 15.3 Å². The fraction of sp³-hybridized carbons (Fsp3) is 0.417. The molecule has 1 aromatic heterocycles. The van der Waals surface area contributed by atoms with Crippen molar-refractivity contribution in [3.05, 3.63) is 59.1 Å². The zero-order chi connectivity index (χ0) is 20.9. The largest absolute Gasteiger partial charge is 0.362 e. The summed E-state index contributed by atoms with van der Waals surface area (Å²) in [5.74, 6) is 2.40. The molecule has 2 N–H and O–H groups in total. The van der Waals surface area contributed by atoms with Crippen LogP contribution in [-0.2, 0) is 6.54 Å². The molecule has 6 heteroatoms. The van der Waals surface area contributed by atoms with Crippen LogP contribution in [0.25, 0.3) is 10.9 Å². The van der Waals surface area contributed by atoms with Gasteiger partial charge in [0.15, 0.2) is 0 Å². The van der Waals surface area contributed by atoms with E-state index in [1.807, 2.05) is 44.4 Å². The van der Waals surface area contributed by atoms with Crippen molar-refractivity contribution < 1.29 is 0 Å². The van der Waals surface area contributed by atoms with Gasteiger partial charge >= 0.3 is 0 Å². The summed E-state index contributed by atoms with van der Waals surface area (Å²) in [6.45, 7) is 1.87. The number of hydrogen-bond acceptors (Lipinski definition) is 5. The van der Waals surface area contributed by atoms with E-state index in [4.69, 9.17) is 21.6 Å². The van der Waals surface area contributed by atoms with Gasteiger partial charge in [0.05, 0.1) is 5.52 Å². The SMILES string of the molecule is CN(C)c1nc(N[C@H]2CC[C@@H](CNCc3ccccc3Cl)CC2)nc2ccccc12. The van der Waals surface area contributed by atoms with Crippen molar-refractivity contribution in [2.24, 2.45) is 5.92 Å². The van der Waals surface area contributed by atoms with Gasteiger partial charge in [-0.05, 0) is 61.9 Å². The first-order valence-electron chi connectivity index (χ1n) is 10.7. The molecule has 2 aromatic carbocycles. The zero-order valence-corrected chi connectivity index (χ0v) is 18.5. The third kappa shape index (κ3) is 5.02. The number of nitrogens with one attached hydrogen (secondary N) is 2. The third-order valence-electron chi connectivity index (χ3n) is 5.89. The van der Waals surface area contributed by atoms with Crippen molar-refractivity contribution in [3.8, 4) is 0 Å². The van der Waals surface area contributed by atoms with Crippen molar-refractivity contribution in [2.75, 3.05) is 30.9 Å². The summed E-state index contributed by atoms with van der Waals surface area (Å²) in [6.07, 6.45) is 4.71. The van der Waals surface area contributed by atoms with Crippen LogP contribution >= 0.6 is 11.6 Å². The highest BCUT2D eigenvalue weighted by Crippen LogP contribution is 2.28. The van der Waals surface area contributed by atoms with Crippen LogP contribution in [0, 0.1) is 5.92 Å². The van der Waals surface area contributed by atoms with E-state index in [-0.39, 0.29) is 0 Å². The van der Waals surface area contributed by atoms with Gasteiger partial charge in [-0.3, -0.25) is 0 Å². The Bertz CT molecular complexity index is 982. The van der Waals surface area contributed by atoms with Crippen LogP contribution in [0.2, 0.25) is 5.02 Å². The van der Waals surface area contributed by atoms with Gasteiger partial charge in [-0.2, -0.15) is 4.98 Å². The standard InChI is InChI=1S/C24H30ClN5/c1-30(2)23-20-8-4-6-10-22(20)28-24(29-23)27-19-13-11-17(12-14-19)15-26-16-18-7-3-5-9-21(18)25/h3-10,17,19,26H,11-16H2,1-2H3,(H,27,28,29)/t17-,19+. The number of aromatic nitrogens is 2. The lowest BCUT2D eigenvalue weighted by Gasteiger charge is -2.29. The molecule has 1 saturated carbocycles. The minimum Gasteiger partial charge on any atom is -0.362 e. The summed E-state index contributed by atoms with van der Waals surface area (Å²) in [4.78, 5) is 11.6. The quantitative estimate of drug-likeness (QED) is 0.553. The van der Waals surface area contributed by atoms with E-state index in [2.05, 4.69) is 33.7 Å². The smallest absolute Gasteiger partial charge is 0.225 e. The van der Waals surface area contributed by atoms with Crippen LogP contribution < -0.4 is 15.5 Å². The fourth-order valence-electron chi connectivity index (χ4n) is 4.21. The van der Waals surface area contributed by atoms with Crippen molar-refractivity contribution >= 4 is 34.3 Å². The highest BCUT2D eigenvalue weighted by Gasteiger charge is 2.22. The normalized spacial score (nSPS) is 19.0. The summed E-state index contributed by atoms with van der Waals surface area (Å²) in [6, 6.07) is 16.7. The van der Waals surface area contributed by atoms with Crippen molar-refractivity contribution in [2.45, 2.75) is 38.3 Å². The molecule has 0 radical (unpaired) electrons. The molecule has 30 heavy (non-hydrogen) atoms. The molecule has 0 saturated heterocycles. The predicted molar refractivity (Wildman–Crippen MR) is 126 cm³/mol. The minimum atomic E-state index is 0.431. The number of hydrogen-bond donors (Lipinski definition) is 2. The van der Waals surface area contributed by atoms with Gasteiger partial charge in [-0.25, -0.2) is 4.98 Å². The maximum Gasteiger partial charge on any atom is 0.225 e. The summed E-state index contributed by atoms with van der Waals surface area (Å²) in [5.41, 5.74) is 2.15. The molecule has 5 nitrogen and oxygen atoms in total. The number of halogens is 1. The van der Waals surface area contributed by atoms with Crippen molar-refractivity contribution in [1.29, 1.82) is 0 Å². The Morgan fingerprint density at radius 1 is 0.967 bits per heavy atom. The Morgan fingerprint density at radius 3 is 2.47 bits per heavy atom. The first-order chi connectivity index (χ1) is 14.6. The molecule has 1 aliphatic rings. The number of anilines is 2. The van der Waals surface area contributed by atoms with Gasteiger partial charge in [-0.15, -0.1) is 0 Å².